The van der Waals surface area contributed by atoms with Crippen LogP contribution in [0.5, 0.6) is 0 Å². The molecule has 1 N–H and O–H groups in total. The van der Waals surface area contributed by atoms with Crippen LogP contribution in [0.25, 0.3) is 5.69 Å². The molecule has 0 saturated heterocycles. The molecular weight excluding hydrogens is 219 g/mol. The minimum Gasteiger partial charge on any atom is -0.313 e. The van der Waals surface area contributed by atoms with Gasteiger partial charge in [0.1, 0.15) is 18.5 Å². The first kappa shape index (κ1) is 11.7. The van der Waals surface area contributed by atoms with Gasteiger partial charge < -0.3 is 5.32 Å². The smallest absolute Gasteiger partial charge is 0.138 e. The molecule has 1 atom stereocenters. The van der Waals surface area contributed by atoms with E-state index in [4.69, 9.17) is 0 Å². The summed E-state index contributed by atoms with van der Waals surface area (Å²) in [5.74, 6) is -0.203. The molecule has 2 rings (SSSR count). The van der Waals surface area contributed by atoms with Gasteiger partial charge in [-0.3, -0.25) is 0 Å². The SMILES string of the molecule is CNC(C)c1cc(F)c(C)cc1-n1cncn1. The number of aromatic nitrogens is 3. The summed E-state index contributed by atoms with van der Waals surface area (Å²) in [6, 6.07) is 3.38. The van der Waals surface area contributed by atoms with Gasteiger partial charge in [0.2, 0.25) is 0 Å². The maximum atomic E-state index is 13.6. The van der Waals surface area contributed by atoms with Crippen molar-refractivity contribution >= 4 is 0 Å². The fourth-order valence-corrected chi connectivity index (χ4v) is 1.72. The van der Waals surface area contributed by atoms with E-state index in [0.717, 1.165) is 11.3 Å². The van der Waals surface area contributed by atoms with Crippen molar-refractivity contribution in [3.8, 4) is 5.69 Å². The van der Waals surface area contributed by atoms with Gasteiger partial charge in [-0.25, -0.2) is 14.1 Å². The minimum atomic E-state index is -0.203. The van der Waals surface area contributed by atoms with Crippen LogP contribution >= 0.6 is 0 Å². The fourth-order valence-electron chi connectivity index (χ4n) is 1.72. The van der Waals surface area contributed by atoms with Crippen molar-refractivity contribution in [1.29, 1.82) is 0 Å². The van der Waals surface area contributed by atoms with E-state index in [1.165, 1.54) is 6.33 Å². The van der Waals surface area contributed by atoms with Gasteiger partial charge in [-0.1, -0.05) is 0 Å². The molecule has 17 heavy (non-hydrogen) atoms. The Labute approximate surface area is 99.5 Å². The molecule has 90 valence electrons. The summed E-state index contributed by atoms with van der Waals surface area (Å²) in [5.41, 5.74) is 2.31. The number of halogens is 1. The Bertz CT molecular complexity index is 507. The lowest BCUT2D eigenvalue weighted by molar-refractivity contribution is 0.597. The Hall–Kier alpha value is -1.75. The number of rotatable bonds is 3. The maximum absolute atomic E-state index is 13.6. The van der Waals surface area contributed by atoms with Crippen LogP contribution in [0.2, 0.25) is 0 Å². The summed E-state index contributed by atoms with van der Waals surface area (Å²) in [4.78, 5) is 3.91. The molecule has 0 fully saturated rings. The van der Waals surface area contributed by atoms with E-state index in [1.54, 1.807) is 30.1 Å². The van der Waals surface area contributed by atoms with Gasteiger partial charge in [0.05, 0.1) is 5.69 Å². The highest BCUT2D eigenvalue weighted by atomic mass is 19.1. The Morgan fingerprint density at radius 2 is 2.18 bits per heavy atom. The fraction of sp³-hybridized carbons (Fsp3) is 0.333. The van der Waals surface area contributed by atoms with Crippen molar-refractivity contribution in [2.75, 3.05) is 7.05 Å². The lowest BCUT2D eigenvalue weighted by Gasteiger charge is -2.16. The molecule has 2 aromatic rings. The van der Waals surface area contributed by atoms with E-state index in [0.29, 0.717) is 5.56 Å². The number of hydrogen-bond donors (Lipinski definition) is 1. The molecule has 0 aliphatic heterocycles. The number of nitrogens with one attached hydrogen (secondary N) is 1. The van der Waals surface area contributed by atoms with Gasteiger partial charge in [0, 0.05) is 6.04 Å². The lowest BCUT2D eigenvalue weighted by atomic mass is 10.0. The van der Waals surface area contributed by atoms with Crippen molar-refractivity contribution in [3.63, 3.8) is 0 Å². The second kappa shape index (κ2) is 4.63. The molecule has 0 bridgehead atoms. The van der Waals surface area contributed by atoms with E-state index in [-0.39, 0.29) is 11.9 Å². The number of aryl methyl sites for hydroxylation is 1. The highest BCUT2D eigenvalue weighted by Gasteiger charge is 2.14. The van der Waals surface area contributed by atoms with Crippen LogP contribution in [0.15, 0.2) is 24.8 Å². The zero-order valence-electron chi connectivity index (χ0n) is 10.1. The molecule has 1 aromatic carbocycles. The number of nitrogens with zero attached hydrogens (tertiary/aromatic N) is 3. The van der Waals surface area contributed by atoms with Gasteiger partial charge in [-0.05, 0) is 44.2 Å². The van der Waals surface area contributed by atoms with Gasteiger partial charge in [-0.2, -0.15) is 5.10 Å². The molecule has 0 spiro atoms. The van der Waals surface area contributed by atoms with E-state index >= 15 is 0 Å². The second-order valence-corrected chi connectivity index (χ2v) is 4.01. The largest absolute Gasteiger partial charge is 0.313 e. The molecule has 1 heterocycles. The topological polar surface area (TPSA) is 42.7 Å². The highest BCUT2D eigenvalue weighted by Crippen LogP contribution is 2.24. The summed E-state index contributed by atoms with van der Waals surface area (Å²) in [7, 11) is 1.84. The van der Waals surface area contributed by atoms with Crippen LogP contribution in [-0.2, 0) is 0 Å². The number of hydrogen-bond acceptors (Lipinski definition) is 3. The second-order valence-electron chi connectivity index (χ2n) is 4.01. The maximum Gasteiger partial charge on any atom is 0.138 e. The van der Waals surface area contributed by atoms with Crippen LogP contribution in [-0.4, -0.2) is 21.8 Å². The summed E-state index contributed by atoms with van der Waals surface area (Å²) in [6.07, 6.45) is 3.07. The standard InChI is InChI=1S/C12H15FN4/c1-8-4-12(17-7-15-6-16-17)10(5-11(8)13)9(2)14-3/h4-7,9,14H,1-3H3. The first-order valence-corrected chi connectivity index (χ1v) is 5.45. The first-order chi connectivity index (χ1) is 8.13. The van der Waals surface area contributed by atoms with E-state index in [1.807, 2.05) is 14.0 Å². The quantitative estimate of drug-likeness (QED) is 0.883. The Balaban J connectivity index is 2.60. The molecular formula is C12H15FN4. The third-order valence-corrected chi connectivity index (χ3v) is 2.87. The zero-order valence-corrected chi connectivity index (χ0v) is 10.1. The summed E-state index contributed by atoms with van der Waals surface area (Å²) >= 11 is 0. The Morgan fingerprint density at radius 3 is 2.76 bits per heavy atom. The van der Waals surface area contributed by atoms with Crippen molar-refractivity contribution in [2.24, 2.45) is 0 Å². The average Bonchev–Trinajstić information content (AvgIpc) is 2.84. The summed E-state index contributed by atoms with van der Waals surface area (Å²) < 4.78 is 15.3. The summed E-state index contributed by atoms with van der Waals surface area (Å²) in [5, 5.41) is 7.19. The van der Waals surface area contributed by atoms with Gasteiger partial charge in [-0.15, -0.1) is 0 Å². The third kappa shape index (κ3) is 2.19. The summed E-state index contributed by atoms with van der Waals surface area (Å²) in [6.45, 7) is 3.72. The zero-order chi connectivity index (χ0) is 12.4. The highest BCUT2D eigenvalue weighted by molar-refractivity contribution is 5.45. The molecule has 0 saturated carbocycles. The van der Waals surface area contributed by atoms with Crippen LogP contribution in [0, 0.1) is 12.7 Å². The molecule has 0 aliphatic carbocycles. The third-order valence-electron chi connectivity index (χ3n) is 2.87. The van der Waals surface area contributed by atoms with E-state index < -0.39 is 0 Å². The van der Waals surface area contributed by atoms with Gasteiger partial charge in [0.15, 0.2) is 0 Å². The molecule has 0 radical (unpaired) electrons. The van der Waals surface area contributed by atoms with Crippen molar-refractivity contribution in [3.05, 3.63) is 41.7 Å². The predicted molar refractivity (Wildman–Crippen MR) is 63.5 cm³/mol. The lowest BCUT2D eigenvalue weighted by Crippen LogP contribution is -2.16. The monoisotopic (exact) mass is 234 g/mol. The molecule has 1 unspecified atom stereocenters. The van der Waals surface area contributed by atoms with Gasteiger partial charge in [0.25, 0.3) is 0 Å². The van der Waals surface area contributed by atoms with Crippen LogP contribution in [0.3, 0.4) is 0 Å². The normalized spacial score (nSPS) is 12.7. The molecule has 0 aliphatic rings. The average molecular weight is 234 g/mol. The molecule has 5 heteroatoms. The van der Waals surface area contributed by atoms with Crippen LogP contribution in [0.1, 0.15) is 24.1 Å². The Kier molecular flexibility index (Phi) is 3.19. The molecule has 1 aromatic heterocycles. The van der Waals surface area contributed by atoms with Gasteiger partial charge >= 0.3 is 0 Å². The molecule has 0 amide bonds. The van der Waals surface area contributed by atoms with Crippen molar-refractivity contribution in [1.82, 2.24) is 20.1 Å². The van der Waals surface area contributed by atoms with Crippen LogP contribution in [0.4, 0.5) is 4.39 Å². The van der Waals surface area contributed by atoms with E-state index in [2.05, 4.69) is 15.4 Å². The Morgan fingerprint density at radius 1 is 1.41 bits per heavy atom. The predicted octanol–water partition coefficient (Wildman–Crippen LogP) is 2.00. The minimum absolute atomic E-state index is 0.0456. The van der Waals surface area contributed by atoms with Crippen LogP contribution < -0.4 is 5.32 Å². The molecule has 4 nitrogen and oxygen atoms in total. The van der Waals surface area contributed by atoms with Crippen molar-refractivity contribution < 1.29 is 4.39 Å². The van der Waals surface area contributed by atoms with E-state index in [9.17, 15) is 4.39 Å². The first-order valence-electron chi connectivity index (χ1n) is 5.45. The van der Waals surface area contributed by atoms with Crippen molar-refractivity contribution in [2.45, 2.75) is 19.9 Å². The number of benzene rings is 1.